The predicted molar refractivity (Wildman–Crippen MR) is 133 cm³/mol. The van der Waals surface area contributed by atoms with Gasteiger partial charge in [0.2, 0.25) is 5.91 Å². The number of primary amides is 1. The summed E-state index contributed by atoms with van der Waals surface area (Å²) in [7, 11) is 2.01. The molecule has 4 rings (SSSR count). The van der Waals surface area contributed by atoms with E-state index in [1.165, 1.54) is 6.07 Å². The van der Waals surface area contributed by atoms with Crippen LogP contribution in [-0.4, -0.2) is 79.2 Å². The van der Waals surface area contributed by atoms with E-state index in [1.54, 1.807) is 24.3 Å². The van der Waals surface area contributed by atoms with Crippen LogP contribution in [-0.2, 0) is 17.9 Å². The van der Waals surface area contributed by atoms with Crippen molar-refractivity contribution in [2.75, 3.05) is 51.6 Å². The molecule has 2 aromatic rings. The number of hydrogen-bond acceptors (Lipinski definition) is 6. The standard InChI is InChI=1S/C26H32F3N5O3/c1-17-13-34(16-24(30)35)15-20-11-18(4-6-22(17)20)25(36)31-21-5-3-19(23(12-21)37-26(27,28)29)14-33-9-7-32(2)8-10-33/h3-6,11-12,17H,7-10,13-16H2,1-2H3,(H2,30,35)(H,31,36)/t17-/m0/s1. The van der Waals surface area contributed by atoms with Crippen LogP contribution in [0, 0.1) is 0 Å². The van der Waals surface area contributed by atoms with Gasteiger partial charge >= 0.3 is 6.36 Å². The van der Waals surface area contributed by atoms with Crippen molar-refractivity contribution in [2.24, 2.45) is 5.73 Å². The summed E-state index contributed by atoms with van der Waals surface area (Å²) in [6.45, 7) is 6.81. The molecule has 0 aliphatic carbocycles. The Morgan fingerprint density at radius 2 is 1.81 bits per heavy atom. The van der Waals surface area contributed by atoms with Crippen molar-refractivity contribution in [3.63, 3.8) is 0 Å². The number of amides is 2. The summed E-state index contributed by atoms with van der Waals surface area (Å²) in [6.07, 6.45) is -4.86. The minimum absolute atomic E-state index is 0.128. The first-order valence-corrected chi connectivity index (χ1v) is 12.2. The molecule has 1 fully saturated rings. The molecule has 0 bridgehead atoms. The van der Waals surface area contributed by atoms with E-state index in [0.717, 1.165) is 37.3 Å². The molecule has 2 amide bonds. The zero-order chi connectivity index (χ0) is 26.7. The number of nitrogens with two attached hydrogens (primary N) is 1. The third-order valence-electron chi connectivity index (χ3n) is 6.78. The minimum atomic E-state index is -4.86. The summed E-state index contributed by atoms with van der Waals surface area (Å²) in [5.74, 6) is -1.04. The maximum absolute atomic E-state index is 13.2. The van der Waals surface area contributed by atoms with E-state index in [2.05, 4.69) is 19.9 Å². The van der Waals surface area contributed by atoms with Crippen LogP contribution in [0.3, 0.4) is 0 Å². The Balaban J connectivity index is 1.51. The van der Waals surface area contributed by atoms with Crippen LogP contribution in [0.2, 0.25) is 0 Å². The third kappa shape index (κ3) is 7.21. The monoisotopic (exact) mass is 519 g/mol. The summed E-state index contributed by atoms with van der Waals surface area (Å²) in [4.78, 5) is 30.5. The molecule has 11 heteroatoms. The number of rotatable bonds is 7. The molecule has 0 unspecified atom stereocenters. The lowest BCUT2D eigenvalue weighted by Gasteiger charge is -2.32. The average Bonchev–Trinajstić information content (AvgIpc) is 2.80. The second-order valence-electron chi connectivity index (χ2n) is 9.85. The van der Waals surface area contributed by atoms with Crippen LogP contribution in [0.1, 0.15) is 39.9 Å². The zero-order valence-corrected chi connectivity index (χ0v) is 21.0. The van der Waals surface area contributed by atoms with Gasteiger partial charge in [0.05, 0.1) is 6.54 Å². The van der Waals surface area contributed by atoms with Crippen molar-refractivity contribution in [1.29, 1.82) is 0 Å². The van der Waals surface area contributed by atoms with Crippen LogP contribution in [0.25, 0.3) is 0 Å². The molecule has 200 valence electrons. The normalized spacial score (nSPS) is 19.3. The summed E-state index contributed by atoms with van der Waals surface area (Å²) in [5.41, 5.74) is 8.31. The molecule has 2 aromatic carbocycles. The second-order valence-corrected chi connectivity index (χ2v) is 9.85. The molecule has 2 heterocycles. The van der Waals surface area contributed by atoms with Gasteiger partial charge in [-0.05, 0) is 42.3 Å². The number of carbonyl (C=O) groups is 2. The van der Waals surface area contributed by atoms with Gasteiger partial charge < -0.3 is 20.7 Å². The molecule has 1 atom stereocenters. The van der Waals surface area contributed by atoms with Crippen molar-refractivity contribution in [2.45, 2.75) is 32.3 Å². The Hall–Kier alpha value is -3.15. The summed E-state index contributed by atoms with van der Waals surface area (Å²) in [5, 5.41) is 2.69. The first-order valence-electron chi connectivity index (χ1n) is 12.2. The molecule has 2 aliphatic rings. The largest absolute Gasteiger partial charge is 0.573 e. The predicted octanol–water partition coefficient (Wildman–Crippen LogP) is 2.99. The molecule has 1 saturated heterocycles. The number of benzene rings is 2. The number of hydrogen-bond donors (Lipinski definition) is 2. The van der Waals surface area contributed by atoms with Gasteiger partial charge in [0.15, 0.2) is 0 Å². The van der Waals surface area contributed by atoms with Crippen LogP contribution < -0.4 is 15.8 Å². The summed E-state index contributed by atoms with van der Waals surface area (Å²) in [6, 6.07) is 9.69. The van der Waals surface area contributed by atoms with Gasteiger partial charge in [-0.2, -0.15) is 0 Å². The second kappa shape index (κ2) is 11.1. The van der Waals surface area contributed by atoms with Crippen molar-refractivity contribution in [3.8, 4) is 5.75 Å². The highest BCUT2D eigenvalue weighted by molar-refractivity contribution is 6.04. The molecule has 3 N–H and O–H groups in total. The number of halogens is 3. The fourth-order valence-corrected chi connectivity index (χ4v) is 4.93. The highest BCUT2D eigenvalue weighted by atomic mass is 19.4. The lowest BCUT2D eigenvalue weighted by atomic mass is 9.89. The quantitative estimate of drug-likeness (QED) is 0.585. The van der Waals surface area contributed by atoms with Crippen molar-refractivity contribution < 1.29 is 27.5 Å². The SMILES string of the molecule is C[C@H]1CN(CC(N)=O)Cc2cc(C(=O)Nc3ccc(CN4CCN(C)CC4)c(OC(F)(F)F)c3)ccc21. The highest BCUT2D eigenvalue weighted by Crippen LogP contribution is 2.32. The van der Waals surface area contributed by atoms with Gasteiger partial charge in [-0.15, -0.1) is 13.2 Å². The fourth-order valence-electron chi connectivity index (χ4n) is 4.93. The Labute approximate surface area is 214 Å². The number of ether oxygens (including phenoxy) is 1. The highest BCUT2D eigenvalue weighted by Gasteiger charge is 2.33. The number of piperazine rings is 1. The van der Waals surface area contributed by atoms with Crippen LogP contribution in [0.5, 0.6) is 5.75 Å². The van der Waals surface area contributed by atoms with Crippen molar-refractivity contribution >= 4 is 17.5 Å². The van der Waals surface area contributed by atoms with Crippen LogP contribution in [0.15, 0.2) is 36.4 Å². The van der Waals surface area contributed by atoms with E-state index in [-0.39, 0.29) is 23.9 Å². The average molecular weight is 520 g/mol. The minimum Gasteiger partial charge on any atom is -0.405 e. The Kier molecular flexibility index (Phi) is 8.05. The number of likely N-dealkylation sites (N-methyl/N-ethyl adjacent to an activating group) is 1. The van der Waals surface area contributed by atoms with E-state index >= 15 is 0 Å². The van der Waals surface area contributed by atoms with Gasteiger partial charge in [-0.25, -0.2) is 0 Å². The van der Waals surface area contributed by atoms with Gasteiger partial charge in [-0.3, -0.25) is 19.4 Å². The molecule has 2 aliphatic heterocycles. The molecule has 0 radical (unpaired) electrons. The number of anilines is 1. The number of fused-ring (bicyclic) bond motifs is 1. The first-order chi connectivity index (χ1) is 17.5. The molecule has 0 saturated carbocycles. The Morgan fingerprint density at radius 3 is 2.49 bits per heavy atom. The molecule has 0 aromatic heterocycles. The van der Waals surface area contributed by atoms with Gasteiger partial charge in [0.1, 0.15) is 5.75 Å². The van der Waals surface area contributed by atoms with E-state index in [0.29, 0.717) is 30.8 Å². The van der Waals surface area contributed by atoms with Gasteiger partial charge in [-0.1, -0.05) is 19.1 Å². The smallest absolute Gasteiger partial charge is 0.405 e. The molecular formula is C26H32F3N5O3. The first kappa shape index (κ1) is 26.9. The number of nitrogens with one attached hydrogen (secondary N) is 1. The Bertz CT molecular complexity index is 1150. The zero-order valence-electron chi connectivity index (χ0n) is 21.0. The molecule has 37 heavy (non-hydrogen) atoms. The topological polar surface area (TPSA) is 91.1 Å². The number of alkyl halides is 3. The van der Waals surface area contributed by atoms with Crippen molar-refractivity contribution in [3.05, 3.63) is 58.7 Å². The molecular weight excluding hydrogens is 487 g/mol. The van der Waals surface area contributed by atoms with Crippen LogP contribution >= 0.6 is 0 Å². The van der Waals surface area contributed by atoms with Gasteiger partial charge in [0.25, 0.3) is 5.91 Å². The maximum Gasteiger partial charge on any atom is 0.573 e. The fraction of sp³-hybridized carbons (Fsp3) is 0.462. The van der Waals surface area contributed by atoms with E-state index < -0.39 is 18.2 Å². The number of nitrogens with zero attached hydrogens (tertiary/aromatic N) is 3. The summed E-state index contributed by atoms with van der Waals surface area (Å²) >= 11 is 0. The third-order valence-corrected chi connectivity index (χ3v) is 6.78. The Morgan fingerprint density at radius 1 is 1.08 bits per heavy atom. The summed E-state index contributed by atoms with van der Waals surface area (Å²) < 4.78 is 43.8. The van der Waals surface area contributed by atoms with E-state index in [9.17, 15) is 22.8 Å². The van der Waals surface area contributed by atoms with E-state index in [4.69, 9.17) is 5.73 Å². The van der Waals surface area contributed by atoms with E-state index in [1.807, 2.05) is 24.9 Å². The van der Waals surface area contributed by atoms with Gasteiger partial charge in [0, 0.05) is 68.7 Å². The molecule has 0 spiro atoms. The van der Waals surface area contributed by atoms with Crippen molar-refractivity contribution in [1.82, 2.24) is 14.7 Å². The van der Waals surface area contributed by atoms with Crippen LogP contribution in [0.4, 0.5) is 18.9 Å². The lowest BCUT2D eigenvalue weighted by molar-refractivity contribution is -0.275. The maximum atomic E-state index is 13.2. The number of carbonyl (C=O) groups excluding carboxylic acids is 2. The lowest BCUT2D eigenvalue weighted by Crippen LogP contribution is -2.43. The molecule has 8 nitrogen and oxygen atoms in total.